The Kier molecular flexibility index (Phi) is 10.2. The molecule has 1 unspecified atom stereocenters. The van der Waals surface area contributed by atoms with Gasteiger partial charge in [-0.2, -0.15) is 0 Å². The Hall–Kier alpha value is -1.06. The Morgan fingerprint density at radius 3 is 2.00 bits per heavy atom. The van der Waals surface area contributed by atoms with E-state index in [1.807, 2.05) is 0 Å². The highest BCUT2D eigenvalue weighted by atomic mass is 31.1. The van der Waals surface area contributed by atoms with Crippen molar-refractivity contribution in [3.8, 4) is 0 Å². The lowest BCUT2D eigenvalue weighted by atomic mass is 10.6. The molecule has 0 spiro atoms. The first-order valence-electron chi connectivity index (χ1n) is 2.47. The Balaban J connectivity index is 0. The van der Waals surface area contributed by atoms with Crippen molar-refractivity contribution < 1.29 is 18.8 Å². The van der Waals surface area contributed by atoms with Crippen molar-refractivity contribution in [1.29, 1.82) is 0 Å². The van der Waals surface area contributed by atoms with Gasteiger partial charge in [0.05, 0.1) is 6.26 Å². The molecule has 5 nitrogen and oxygen atoms in total. The highest BCUT2D eigenvalue weighted by Gasteiger charge is 1.77. The second-order valence-electron chi connectivity index (χ2n) is 1.16. The lowest BCUT2D eigenvalue weighted by molar-refractivity contribution is -0.113. The third-order valence-electron chi connectivity index (χ3n) is 0.385. The van der Waals surface area contributed by atoms with Gasteiger partial charge in [-0.15, -0.1) is 0 Å². The zero-order valence-corrected chi connectivity index (χ0v) is 6.82. The Morgan fingerprint density at radius 1 is 1.64 bits per heavy atom. The van der Waals surface area contributed by atoms with Crippen molar-refractivity contribution in [2.75, 3.05) is 0 Å². The average Bonchev–Trinajstić information content (AvgIpc) is 1.89. The normalized spacial score (nSPS) is 9.91. The summed E-state index contributed by atoms with van der Waals surface area (Å²) in [6.45, 7) is 6.13. The van der Waals surface area contributed by atoms with Gasteiger partial charge in [0, 0.05) is 0 Å². The molecule has 0 aliphatic rings. The summed E-state index contributed by atoms with van der Waals surface area (Å²) >= 11 is 0. The molecule has 0 saturated heterocycles. The second-order valence-corrected chi connectivity index (χ2v) is 1.92. The fraction of sp³-hybridized carbons (Fsp3) is 0. The summed E-state index contributed by atoms with van der Waals surface area (Å²) in [7, 11) is -2.75. The van der Waals surface area contributed by atoms with Crippen molar-refractivity contribution in [1.82, 2.24) is 0 Å². The van der Waals surface area contributed by atoms with E-state index < -0.39 is 14.2 Å². The first kappa shape index (κ1) is 12.6. The van der Waals surface area contributed by atoms with Crippen LogP contribution in [-0.2, 0) is 13.9 Å². The van der Waals surface area contributed by atoms with E-state index in [2.05, 4.69) is 23.4 Å². The Labute approximate surface area is 65.1 Å². The van der Waals surface area contributed by atoms with Gasteiger partial charge >= 0.3 is 8.25 Å². The van der Waals surface area contributed by atoms with Gasteiger partial charge in [0.1, 0.15) is 0 Å². The molecular weight excluding hydrogens is 169 g/mol. The van der Waals surface area contributed by atoms with E-state index in [9.17, 15) is 9.36 Å². The molecule has 0 aromatic rings. The van der Waals surface area contributed by atoms with Crippen LogP contribution in [0, 0.1) is 0 Å². The van der Waals surface area contributed by atoms with E-state index in [4.69, 9.17) is 4.89 Å². The molecule has 64 valence electrons. The molecule has 0 saturated carbocycles. The van der Waals surface area contributed by atoms with Crippen LogP contribution < -0.4 is 5.73 Å². The summed E-state index contributed by atoms with van der Waals surface area (Å²) in [6.07, 6.45) is 1.99. The maximum atomic E-state index is 9.49. The van der Waals surface area contributed by atoms with Gasteiger partial charge in [0.25, 0.3) is 0 Å². The predicted molar refractivity (Wildman–Crippen MR) is 41.9 cm³/mol. The van der Waals surface area contributed by atoms with Crippen LogP contribution in [0.4, 0.5) is 0 Å². The molecular formula is C5H10NO4P. The largest absolute Gasteiger partial charge is 0.435 e. The number of nitrogens with two attached hydrogens (primary N) is 1. The molecule has 0 aromatic carbocycles. The molecule has 1 atom stereocenters. The molecule has 11 heavy (non-hydrogen) atoms. The maximum absolute atomic E-state index is 9.49. The van der Waals surface area contributed by atoms with E-state index in [0.717, 1.165) is 12.3 Å². The SMILES string of the molecule is C=CC(N)=O.C=CO[PH](=O)O. The topological polar surface area (TPSA) is 89.6 Å². The number of primary amides is 1. The maximum Gasteiger partial charge on any atom is 0.364 e. The molecule has 1 amide bonds. The zero-order chi connectivity index (χ0) is 9.28. The van der Waals surface area contributed by atoms with Gasteiger partial charge in [-0.25, -0.2) is 4.57 Å². The number of carbonyl (C=O) groups excluding carboxylic acids is 1. The Bertz CT molecular complexity index is 168. The lowest BCUT2D eigenvalue weighted by Gasteiger charge is -1.84. The summed E-state index contributed by atoms with van der Waals surface area (Å²) < 4.78 is 13.4. The molecule has 0 radical (unpaired) electrons. The fourth-order valence-corrected chi connectivity index (χ4v) is 0.214. The van der Waals surface area contributed by atoms with Crippen molar-refractivity contribution in [3.63, 3.8) is 0 Å². The van der Waals surface area contributed by atoms with Crippen LogP contribution in [0.3, 0.4) is 0 Å². The van der Waals surface area contributed by atoms with E-state index in [1.54, 1.807) is 0 Å². The van der Waals surface area contributed by atoms with Crippen LogP contribution in [0.25, 0.3) is 0 Å². The second kappa shape index (κ2) is 8.94. The van der Waals surface area contributed by atoms with Crippen LogP contribution in [0.2, 0.25) is 0 Å². The van der Waals surface area contributed by atoms with Crippen LogP contribution in [-0.4, -0.2) is 10.8 Å². The zero-order valence-electron chi connectivity index (χ0n) is 5.82. The van der Waals surface area contributed by atoms with Crippen LogP contribution in [0.5, 0.6) is 0 Å². The molecule has 0 bridgehead atoms. The molecule has 0 rings (SSSR count). The van der Waals surface area contributed by atoms with Crippen molar-refractivity contribution in [2.45, 2.75) is 0 Å². The van der Waals surface area contributed by atoms with Crippen molar-refractivity contribution in [3.05, 3.63) is 25.5 Å². The summed E-state index contributed by atoms with van der Waals surface area (Å²) in [5.41, 5.74) is 4.53. The monoisotopic (exact) mass is 179 g/mol. The number of rotatable bonds is 3. The molecule has 0 fully saturated rings. The van der Waals surface area contributed by atoms with E-state index in [1.165, 1.54) is 0 Å². The van der Waals surface area contributed by atoms with E-state index >= 15 is 0 Å². The fourth-order valence-electron chi connectivity index (χ4n) is 0.0713. The average molecular weight is 179 g/mol. The standard InChI is InChI=1S/C3H5NO.C2H5O3P/c1-2-3(4)5;1-2-5-6(3)4/h2H,1H2,(H2,4,5);2,6H,1H2,(H,3,4). The van der Waals surface area contributed by atoms with Gasteiger partial charge in [-0.05, 0) is 6.08 Å². The number of hydrogen-bond acceptors (Lipinski definition) is 3. The lowest BCUT2D eigenvalue weighted by Crippen LogP contribution is -2.04. The van der Waals surface area contributed by atoms with Crippen molar-refractivity contribution in [2.24, 2.45) is 5.73 Å². The first-order chi connectivity index (χ1) is 5.04. The van der Waals surface area contributed by atoms with Crippen LogP contribution in [0.15, 0.2) is 25.5 Å². The first-order valence-corrected chi connectivity index (χ1v) is 3.73. The van der Waals surface area contributed by atoms with Gasteiger partial charge in [0.2, 0.25) is 5.91 Å². The van der Waals surface area contributed by atoms with E-state index in [0.29, 0.717) is 0 Å². The molecule has 3 N–H and O–H groups in total. The summed E-state index contributed by atoms with van der Waals surface area (Å²) in [4.78, 5) is 17.3. The third-order valence-corrected chi connectivity index (χ3v) is 0.754. The third kappa shape index (κ3) is 27.7. The number of amides is 1. The highest BCUT2D eigenvalue weighted by molar-refractivity contribution is 7.32. The minimum absolute atomic E-state index is 0.481. The number of hydrogen-bond donors (Lipinski definition) is 2. The molecule has 0 aliphatic heterocycles. The van der Waals surface area contributed by atoms with Gasteiger partial charge in [-0.3, -0.25) is 4.79 Å². The van der Waals surface area contributed by atoms with E-state index in [-0.39, 0.29) is 0 Å². The Morgan fingerprint density at radius 2 is 2.00 bits per heavy atom. The summed E-state index contributed by atoms with van der Waals surface area (Å²) in [5, 5.41) is 0. The summed E-state index contributed by atoms with van der Waals surface area (Å²) in [6, 6.07) is 0. The quantitative estimate of drug-likeness (QED) is 0.367. The van der Waals surface area contributed by atoms with Gasteiger partial charge in [-0.1, -0.05) is 13.2 Å². The van der Waals surface area contributed by atoms with Gasteiger partial charge in [0.15, 0.2) is 0 Å². The van der Waals surface area contributed by atoms with Crippen LogP contribution in [0.1, 0.15) is 0 Å². The number of carbonyl (C=O) groups is 1. The van der Waals surface area contributed by atoms with Crippen LogP contribution >= 0.6 is 8.25 Å². The predicted octanol–water partition coefficient (Wildman–Crippen LogP) is 0.186. The highest BCUT2D eigenvalue weighted by Crippen LogP contribution is 2.12. The molecule has 0 heterocycles. The molecule has 0 aliphatic carbocycles. The molecule has 6 heteroatoms. The van der Waals surface area contributed by atoms with Crippen molar-refractivity contribution >= 4 is 14.2 Å². The summed E-state index contributed by atoms with van der Waals surface area (Å²) in [5.74, 6) is -0.481. The minimum atomic E-state index is -2.75. The molecule has 0 aromatic heterocycles. The minimum Gasteiger partial charge on any atom is -0.435 e. The van der Waals surface area contributed by atoms with Gasteiger partial charge < -0.3 is 15.2 Å². The smallest absolute Gasteiger partial charge is 0.364 e.